The minimum absolute atomic E-state index is 0.360. The van der Waals surface area contributed by atoms with Crippen molar-refractivity contribution in [2.45, 2.75) is 45.6 Å². The lowest BCUT2D eigenvalue weighted by molar-refractivity contribution is 0.0736. The van der Waals surface area contributed by atoms with Crippen LogP contribution in [0.4, 0.5) is 0 Å². The molecule has 1 aliphatic carbocycles. The van der Waals surface area contributed by atoms with E-state index in [0.717, 1.165) is 19.3 Å². The third-order valence-corrected chi connectivity index (χ3v) is 3.11. The maximum absolute atomic E-state index is 8.63. The van der Waals surface area contributed by atoms with Crippen LogP contribution in [0.25, 0.3) is 0 Å². The molecule has 0 saturated heterocycles. The smallest absolute Gasteiger partial charge is 0.0717 e. The van der Waals surface area contributed by atoms with Gasteiger partial charge in [-0.2, -0.15) is 5.26 Å². The van der Waals surface area contributed by atoms with Gasteiger partial charge in [0.2, 0.25) is 0 Å². The van der Waals surface area contributed by atoms with Crippen molar-refractivity contribution in [2.75, 3.05) is 6.61 Å². The first-order valence-electron chi connectivity index (χ1n) is 6.06. The van der Waals surface area contributed by atoms with Gasteiger partial charge >= 0.3 is 0 Å². The summed E-state index contributed by atoms with van der Waals surface area (Å²) >= 11 is 0. The van der Waals surface area contributed by atoms with Crippen LogP contribution in [0.1, 0.15) is 39.5 Å². The summed E-state index contributed by atoms with van der Waals surface area (Å²) in [5.74, 6) is 0.561. The van der Waals surface area contributed by atoms with Crippen molar-refractivity contribution in [1.82, 2.24) is 0 Å². The van der Waals surface area contributed by atoms with Gasteiger partial charge in [0.15, 0.2) is 0 Å². The molecule has 0 bridgehead atoms. The lowest BCUT2D eigenvalue weighted by Gasteiger charge is -2.12. The maximum atomic E-state index is 8.63. The van der Waals surface area contributed by atoms with Crippen molar-refractivity contribution < 1.29 is 4.74 Å². The van der Waals surface area contributed by atoms with E-state index in [2.05, 4.69) is 18.2 Å². The van der Waals surface area contributed by atoms with Gasteiger partial charge in [-0.15, -0.1) is 0 Å². The van der Waals surface area contributed by atoms with E-state index in [0.29, 0.717) is 25.0 Å². The lowest BCUT2D eigenvalue weighted by Crippen LogP contribution is -2.10. The number of hydrogen-bond donors (Lipinski definition) is 0. The molecule has 0 heterocycles. The Balaban J connectivity index is 2.27. The number of hydrogen-bond acceptors (Lipinski definition) is 2. The molecule has 2 heteroatoms. The molecule has 0 N–H and O–H groups in total. The average Bonchev–Trinajstić information content (AvgIpc) is 2.72. The molecule has 1 fully saturated rings. The highest BCUT2D eigenvalue weighted by Crippen LogP contribution is 2.30. The van der Waals surface area contributed by atoms with Crippen LogP contribution < -0.4 is 0 Å². The van der Waals surface area contributed by atoms with Gasteiger partial charge in [0.25, 0.3) is 0 Å². The zero-order chi connectivity index (χ0) is 11.8. The highest BCUT2D eigenvalue weighted by atomic mass is 16.5. The molecule has 0 aromatic heterocycles. The summed E-state index contributed by atoms with van der Waals surface area (Å²) in [4.78, 5) is 0. The van der Waals surface area contributed by atoms with Gasteiger partial charge in [-0.1, -0.05) is 18.2 Å². The van der Waals surface area contributed by atoms with Gasteiger partial charge in [-0.3, -0.25) is 0 Å². The fourth-order valence-corrected chi connectivity index (χ4v) is 2.15. The van der Waals surface area contributed by atoms with Crippen LogP contribution in [0.5, 0.6) is 0 Å². The second-order valence-corrected chi connectivity index (χ2v) is 4.34. The van der Waals surface area contributed by atoms with Crippen molar-refractivity contribution >= 4 is 0 Å². The second kappa shape index (κ2) is 7.24. The van der Waals surface area contributed by atoms with E-state index < -0.39 is 0 Å². The molecule has 0 amide bonds. The van der Waals surface area contributed by atoms with E-state index in [1.165, 1.54) is 5.57 Å². The van der Waals surface area contributed by atoms with Crippen LogP contribution in [-0.2, 0) is 4.74 Å². The molecule has 0 aliphatic heterocycles. The van der Waals surface area contributed by atoms with Crippen molar-refractivity contribution in [2.24, 2.45) is 5.92 Å². The molecule has 1 saturated carbocycles. The van der Waals surface area contributed by atoms with E-state index in [9.17, 15) is 0 Å². The first kappa shape index (κ1) is 13.0. The maximum Gasteiger partial charge on any atom is 0.0717 e. The quantitative estimate of drug-likeness (QED) is 0.662. The molecular formula is C14H21NO. The van der Waals surface area contributed by atoms with E-state index in [1.54, 1.807) is 0 Å². The van der Waals surface area contributed by atoms with Crippen LogP contribution >= 0.6 is 0 Å². The third-order valence-electron chi connectivity index (χ3n) is 3.11. The minimum Gasteiger partial charge on any atom is -0.374 e. The van der Waals surface area contributed by atoms with Crippen LogP contribution in [0.2, 0.25) is 0 Å². The number of nitrogens with zero attached hydrogens (tertiary/aromatic N) is 1. The molecule has 0 aromatic carbocycles. The predicted octanol–water partition coefficient (Wildman–Crippen LogP) is 3.61. The van der Waals surface area contributed by atoms with E-state index in [-0.39, 0.29) is 0 Å². The number of nitriles is 1. The Hall–Kier alpha value is -1.07. The Morgan fingerprint density at radius 3 is 2.88 bits per heavy atom. The monoisotopic (exact) mass is 219 g/mol. The Morgan fingerprint density at radius 2 is 2.25 bits per heavy atom. The molecule has 88 valence electrons. The van der Waals surface area contributed by atoms with Gasteiger partial charge in [-0.25, -0.2) is 0 Å². The summed E-state index contributed by atoms with van der Waals surface area (Å²) in [7, 11) is 0. The average molecular weight is 219 g/mol. The van der Waals surface area contributed by atoms with Gasteiger partial charge in [0, 0.05) is 6.42 Å². The summed E-state index contributed by atoms with van der Waals surface area (Å²) in [5.41, 5.74) is 1.23. The fraction of sp³-hybridized carbons (Fsp3) is 0.643. The lowest BCUT2D eigenvalue weighted by atomic mass is 10.1. The first-order chi connectivity index (χ1) is 7.80. The first-order valence-corrected chi connectivity index (χ1v) is 6.06. The minimum atomic E-state index is 0.360. The fourth-order valence-electron chi connectivity index (χ4n) is 2.15. The topological polar surface area (TPSA) is 33.0 Å². The largest absolute Gasteiger partial charge is 0.374 e. The van der Waals surface area contributed by atoms with E-state index >= 15 is 0 Å². The molecule has 0 aromatic rings. The van der Waals surface area contributed by atoms with Gasteiger partial charge in [0.1, 0.15) is 0 Å². The van der Waals surface area contributed by atoms with Crippen LogP contribution in [0.15, 0.2) is 23.8 Å². The Bertz CT molecular complexity index is 298. The standard InChI is InChI=1S/C14H21NO/c1-3-5-12(4-2)11-16-14-7-6-13(10-14)8-9-15/h3-5,13-14H,6-8,10-11H2,1-2H3/b5-3-,12-4+. The Kier molecular flexibility index (Phi) is 5.88. The summed E-state index contributed by atoms with van der Waals surface area (Å²) in [6, 6.07) is 2.25. The summed E-state index contributed by atoms with van der Waals surface area (Å²) in [5, 5.41) is 8.63. The van der Waals surface area contributed by atoms with Crippen molar-refractivity contribution in [3.05, 3.63) is 23.8 Å². The molecule has 1 rings (SSSR count). The van der Waals surface area contributed by atoms with E-state index in [1.807, 2.05) is 19.9 Å². The molecule has 2 nitrogen and oxygen atoms in total. The number of allylic oxidation sites excluding steroid dienone is 2. The zero-order valence-electron chi connectivity index (χ0n) is 10.3. The molecule has 2 unspecified atom stereocenters. The molecule has 0 spiro atoms. The van der Waals surface area contributed by atoms with Crippen LogP contribution in [0, 0.1) is 17.2 Å². The summed E-state index contributed by atoms with van der Waals surface area (Å²) in [6.07, 6.45) is 10.6. The third kappa shape index (κ3) is 4.20. The van der Waals surface area contributed by atoms with E-state index in [4.69, 9.17) is 10.00 Å². The number of ether oxygens (including phenoxy) is 1. The molecule has 1 aliphatic rings. The van der Waals surface area contributed by atoms with Crippen molar-refractivity contribution in [3.63, 3.8) is 0 Å². The summed E-state index contributed by atoms with van der Waals surface area (Å²) < 4.78 is 5.86. The zero-order valence-corrected chi connectivity index (χ0v) is 10.3. The van der Waals surface area contributed by atoms with Crippen molar-refractivity contribution in [3.8, 4) is 6.07 Å². The molecule has 0 radical (unpaired) electrons. The molecule has 2 atom stereocenters. The van der Waals surface area contributed by atoms with Gasteiger partial charge < -0.3 is 4.74 Å². The molecule has 16 heavy (non-hydrogen) atoms. The SMILES string of the molecule is C/C=C\C(=C/C)COC1CCC(CC#N)C1. The van der Waals surface area contributed by atoms with Crippen LogP contribution in [0.3, 0.4) is 0 Å². The normalized spacial score (nSPS) is 26.2. The molecular weight excluding hydrogens is 198 g/mol. The highest BCUT2D eigenvalue weighted by Gasteiger charge is 2.24. The predicted molar refractivity (Wildman–Crippen MR) is 65.9 cm³/mol. The van der Waals surface area contributed by atoms with Crippen LogP contribution in [-0.4, -0.2) is 12.7 Å². The second-order valence-electron chi connectivity index (χ2n) is 4.34. The van der Waals surface area contributed by atoms with Crippen molar-refractivity contribution in [1.29, 1.82) is 5.26 Å². The Labute approximate surface area is 98.6 Å². The van der Waals surface area contributed by atoms with Gasteiger partial charge in [0.05, 0.1) is 18.8 Å². The number of rotatable bonds is 5. The van der Waals surface area contributed by atoms with Gasteiger partial charge in [-0.05, 0) is 44.6 Å². The summed E-state index contributed by atoms with van der Waals surface area (Å²) in [6.45, 7) is 4.75. The Morgan fingerprint density at radius 1 is 1.44 bits per heavy atom. The highest BCUT2D eigenvalue weighted by molar-refractivity contribution is 5.17.